The zero-order valence-electron chi connectivity index (χ0n) is 11.3. The van der Waals surface area contributed by atoms with Crippen LogP contribution in [0.5, 0.6) is 0 Å². The third-order valence-corrected chi connectivity index (χ3v) is 3.71. The summed E-state index contributed by atoms with van der Waals surface area (Å²) < 4.78 is 28.5. The van der Waals surface area contributed by atoms with E-state index in [1.54, 1.807) is 12.1 Å². The van der Waals surface area contributed by atoms with E-state index in [4.69, 9.17) is 0 Å². The van der Waals surface area contributed by atoms with E-state index in [9.17, 15) is 8.78 Å². The van der Waals surface area contributed by atoms with Gasteiger partial charge in [0.1, 0.15) is 0 Å². The fourth-order valence-electron chi connectivity index (χ4n) is 2.39. The first-order chi connectivity index (χ1) is 8.32. The van der Waals surface area contributed by atoms with Crippen LogP contribution in [0.3, 0.4) is 0 Å². The fourth-order valence-corrected chi connectivity index (χ4v) is 2.39. The Morgan fingerprint density at radius 2 is 1.61 bits per heavy atom. The van der Waals surface area contributed by atoms with Crippen molar-refractivity contribution in [1.82, 2.24) is 5.32 Å². The SMILES string of the molecule is CC(C)(C)c1ccc(C(F)(F)C2CCNC2)cc1. The Labute approximate surface area is 108 Å². The van der Waals surface area contributed by atoms with Crippen molar-refractivity contribution in [2.24, 2.45) is 5.92 Å². The molecule has 0 aliphatic carbocycles. The summed E-state index contributed by atoms with van der Waals surface area (Å²) in [6.07, 6.45) is 0.550. The van der Waals surface area contributed by atoms with Gasteiger partial charge in [0.2, 0.25) is 0 Å². The highest BCUT2D eigenvalue weighted by atomic mass is 19.3. The van der Waals surface area contributed by atoms with Crippen molar-refractivity contribution >= 4 is 0 Å². The molecule has 0 saturated carbocycles. The average molecular weight is 253 g/mol. The van der Waals surface area contributed by atoms with E-state index in [1.807, 2.05) is 12.1 Å². The van der Waals surface area contributed by atoms with E-state index < -0.39 is 11.8 Å². The van der Waals surface area contributed by atoms with Crippen molar-refractivity contribution in [2.75, 3.05) is 13.1 Å². The van der Waals surface area contributed by atoms with Crippen molar-refractivity contribution in [1.29, 1.82) is 0 Å². The standard InChI is InChI=1S/C15H21F2N/c1-14(2,3)11-4-6-12(7-5-11)15(16,17)13-8-9-18-10-13/h4-7,13,18H,8-10H2,1-3H3. The molecule has 1 N–H and O–H groups in total. The molecule has 1 aliphatic rings. The molecular weight excluding hydrogens is 232 g/mol. The van der Waals surface area contributed by atoms with Gasteiger partial charge in [0.05, 0.1) is 0 Å². The zero-order chi connectivity index (χ0) is 13.4. The highest BCUT2D eigenvalue weighted by Gasteiger charge is 2.42. The van der Waals surface area contributed by atoms with Gasteiger partial charge in [0.25, 0.3) is 5.92 Å². The second kappa shape index (κ2) is 4.61. The monoisotopic (exact) mass is 253 g/mol. The second-order valence-electron chi connectivity index (χ2n) is 6.14. The molecule has 1 unspecified atom stereocenters. The summed E-state index contributed by atoms with van der Waals surface area (Å²) in [4.78, 5) is 0. The van der Waals surface area contributed by atoms with Gasteiger partial charge in [-0.1, -0.05) is 45.0 Å². The normalized spacial score (nSPS) is 21.3. The van der Waals surface area contributed by atoms with Crippen molar-refractivity contribution in [3.05, 3.63) is 35.4 Å². The predicted octanol–water partition coefficient (Wildman–Crippen LogP) is 3.69. The van der Waals surface area contributed by atoms with E-state index >= 15 is 0 Å². The van der Waals surface area contributed by atoms with Crippen molar-refractivity contribution in [3.8, 4) is 0 Å². The third kappa shape index (κ3) is 2.56. The number of benzene rings is 1. The minimum Gasteiger partial charge on any atom is -0.316 e. The molecule has 0 amide bonds. The lowest BCUT2D eigenvalue weighted by Crippen LogP contribution is -2.27. The van der Waals surface area contributed by atoms with Crippen LogP contribution in [0.25, 0.3) is 0 Å². The molecule has 1 saturated heterocycles. The molecule has 1 heterocycles. The Morgan fingerprint density at radius 3 is 2.06 bits per heavy atom. The number of nitrogens with one attached hydrogen (secondary N) is 1. The highest BCUT2D eigenvalue weighted by molar-refractivity contribution is 5.30. The summed E-state index contributed by atoms with van der Waals surface area (Å²) in [5.74, 6) is -3.29. The van der Waals surface area contributed by atoms with Gasteiger partial charge in [-0.05, 0) is 23.9 Å². The predicted molar refractivity (Wildman–Crippen MR) is 70.0 cm³/mol. The Morgan fingerprint density at radius 1 is 1.06 bits per heavy atom. The van der Waals surface area contributed by atoms with Crippen LogP contribution in [0.4, 0.5) is 8.78 Å². The highest BCUT2D eigenvalue weighted by Crippen LogP contribution is 2.39. The van der Waals surface area contributed by atoms with Gasteiger partial charge in [-0.25, -0.2) is 8.78 Å². The Balaban J connectivity index is 2.23. The molecule has 1 aliphatic heterocycles. The molecule has 0 radical (unpaired) electrons. The van der Waals surface area contributed by atoms with E-state index in [-0.39, 0.29) is 11.0 Å². The van der Waals surface area contributed by atoms with Gasteiger partial charge < -0.3 is 5.32 Å². The molecule has 1 fully saturated rings. The first-order valence-corrected chi connectivity index (χ1v) is 6.51. The Bertz CT molecular complexity index is 397. The summed E-state index contributed by atoms with van der Waals surface area (Å²) in [5.41, 5.74) is 1.23. The summed E-state index contributed by atoms with van der Waals surface area (Å²) in [6.45, 7) is 7.36. The van der Waals surface area contributed by atoms with Crippen LogP contribution in [0, 0.1) is 5.92 Å². The first kappa shape index (κ1) is 13.5. The van der Waals surface area contributed by atoms with Crippen LogP contribution < -0.4 is 5.32 Å². The molecule has 0 bridgehead atoms. The number of hydrogen-bond acceptors (Lipinski definition) is 1. The van der Waals surface area contributed by atoms with Crippen LogP contribution >= 0.6 is 0 Å². The van der Waals surface area contributed by atoms with Crippen LogP contribution in [0.1, 0.15) is 38.3 Å². The number of hydrogen-bond donors (Lipinski definition) is 1. The van der Waals surface area contributed by atoms with Gasteiger partial charge in [-0.2, -0.15) is 0 Å². The van der Waals surface area contributed by atoms with Gasteiger partial charge in [0, 0.05) is 18.0 Å². The zero-order valence-corrected chi connectivity index (χ0v) is 11.3. The molecule has 1 nitrogen and oxygen atoms in total. The Hall–Kier alpha value is -0.960. The molecule has 0 aromatic heterocycles. The molecular formula is C15H21F2N. The molecule has 1 aromatic rings. The van der Waals surface area contributed by atoms with Gasteiger partial charge >= 0.3 is 0 Å². The van der Waals surface area contributed by atoms with E-state index in [0.717, 1.165) is 5.56 Å². The smallest absolute Gasteiger partial charge is 0.277 e. The number of alkyl halides is 2. The van der Waals surface area contributed by atoms with E-state index in [0.29, 0.717) is 19.5 Å². The van der Waals surface area contributed by atoms with Crippen molar-refractivity contribution in [3.63, 3.8) is 0 Å². The lowest BCUT2D eigenvalue weighted by molar-refractivity contribution is -0.0575. The maximum absolute atomic E-state index is 14.2. The van der Waals surface area contributed by atoms with Gasteiger partial charge in [-0.15, -0.1) is 0 Å². The van der Waals surface area contributed by atoms with E-state index in [1.165, 1.54) is 0 Å². The molecule has 100 valence electrons. The number of halogens is 2. The first-order valence-electron chi connectivity index (χ1n) is 6.51. The average Bonchev–Trinajstić information content (AvgIpc) is 2.82. The second-order valence-corrected chi connectivity index (χ2v) is 6.14. The fraction of sp³-hybridized carbons (Fsp3) is 0.600. The van der Waals surface area contributed by atoms with Gasteiger partial charge in [-0.3, -0.25) is 0 Å². The lowest BCUT2D eigenvalue weighted by Gasteiger charge is -2.24. The minimum atomic E-state index is -2.72. The summed E-state index contributed by atoms with van der Waals surface area (Å²) >= 11 is 0. The van der Waals surface area contributed by atoms with Crippen LogP contribution in [0.2, 0.25) is 0 Å². The van der Waals surface area contributed by atoms with Crippen LogP contribution in [0.15, 0.2) is 24.3 Å². The lowest BCUT2D eigenvalue weighted by atomic mass is 9.85. The topological polar surface area (TPSA) is 12.0 Å². The van der Waals surface area contributed by atoms with Crippen molar-refractivity contribution < 1.29 is 8.78 Å². The van der Waals surface area contributed by atoms with Crippen LogP contribution in [-0.4, -0.2) is 13.1 Å². The quantitative estimate of drug-likeness (QED) is 0.847. The largest absolute Gasteiger partial charge is 0.316 e. The van der Waals surface area contributed by atoms with Crippen LogP contribution in [-0.2, 0) is 11.3 Å². The number of rotatable bonds is 2. The van der Waals surface area contributed by atoms with E-state index in [2.05, 4.69) is 26.1 Å². The minimum absolute atomic E-state index is 0.00271. The summed E-state index contributed by atoms with van der Waals surface area (Å²) in [5, 5.41) is 3.00. The third-order valence-electron chi connectivity index (χ3n) is 3.71. The molecule has 0 spiro atoms. The van der Waals surface area contributed by atoms with Crippen molar-refractivity contribution in [2.45, 2.75) is 38.5 Å². The van der Waals surface area contributed by atoms with Gasteiger partial charge in [0.15, 0.2) is 0 Å². The molecule has 3 heteroatoms. The maximum atomic E-state index is 14.2. The summed E-state index contributed by atoms with van der Waals surface area (Å²) in [6, 6.07) is 6.81. The molecule has 2 rings (SSSR count). The molecule has 1 aromatic carbocycles. The Kier molecular flexibility index (Phi) is 3.45. The summed E-state index contributed by atoms with van der Waals surface area (Å²) in [7, 11) is 0. The molecule has 18 heavy (non-hydrogen) atoms. The molecule has 1 atom stereocenters. The maximum Gasteiger partial charge on any atom is 0.277 e.